The summed E-state index contributed by atoms with van der Waals surface area (Å²) < 4.78 is 10.6. The van der Waals surface area contributed by atoms with Crippen LogP contribution in [0.25, 0.3) is 22.6 Å². The first kappa shape index (κ1) is 15.7. The third kappa shape index (κ3) is 2.94. The van der Waals surface area contributed by atoms with Gasteiger partial charge in [-0.05, 0) is 35.9 Å². The second-order valence-corrected chi connectivity index (χ2v) is 5.61. The molecule has 1 aliphatic heterocycles. The van der Waals surface area contributed by atoms with Gasteiger partial charge in [0.2, 0.25) is 6.79 Å². The molecule has 126 valence electrons. The van der Waals surface area contributed by atoms with E-state index in [1.807, 2.05) is 48.5 Å². The highest BCUT2D eigenvalue weighted by atomic mass is 16.7. The molecule has 0 fully saturated rings. The lowest BCUT2D eigenvalue weighted by molar-refractivity contribution is 0.174. The summed E-state index contributed by atoms with van der Waals surface area (Å²) in [6, 6.07) is 15.2. The molecule has 0 bridgehead atoms. The number of nitrogen functional groups attached to an aromatic ring is 1. The summed E-state index contributed by atoms with van der Waals surface area (Å²) in [5.74, 6) is 2.10. The summed E-state index contributed by atoms with van der Waals surface area (Å²) in [4.78, 5) is 8.68. The maximum atomic E-state index is 9.46. The topological polar surface area (TPSA) is 94.0 Å². The van der Waals surface area contributed by atoms with Gasteiger partial charge in [0.25, 0.3) is 0 Å². The quantitative estimate of drug-likeness (QED) is 0.578. The second kappa shape index (κ2) is 6.57. The van der Waals surface area contributed by atoms with Crippen LogP contribution in [0, 0.1) is 11.3 Å². The fourth-order valence-electron chi connectivity index (χ4n) is 2.66. The highest BCUT2D eigenvalue weighted by Gasteiger charge is 2.12. The molecule has 0 unspecified atom stereocenters. The molecule has 0 amide bonds. The van der Waals surface area contributed by atoms with E-state index in [4.69, 9.17) is 15.2 Å². The van der Waals surface area contributed by atoms with Gasteiger partial charge in [-0.15, -0.1) is 0 Å². The van der Waals surface area contributed by atoms with Crippen molar-refractivity contribution in [2.45, 2.75) is 0 Å². The van der Waals surface area contributed by atoms with Gasteiger partial charge in [0, 0.05) is 5.39 Å². The third-order valence-electron chi connectivity index (χ3n) is 3.94. The van der Waals surface area contributed by atoms with Crippen molar-refractivity contribution in [3.05, 3.63) is 66.0 Å². The smallest absolute Gasteiger partial charge is 0.231 e. The van der Waals surface area contributed by atoms with Gasteiger partial charge in [-0.25, -0.2) is 9.97 Å². The van der Waals surface area contributed by atoms with E-state index in [0.717, 1.165) is 16.7 Å². The molecule has 0 radical (unpaired) electrons. The van der Waals surface area contributed by atoms with Gasteiger partial charge in [0.15, 0.2) is 17.3 Å². The summed E-state index contributed by atoms with van der Waals surface area (Å²) in [5, 5.41) is 10.2. The van der Waals surface area contributed by atoms with Crippen LogP contribution in [0.2, 0.25) is 0 Å². The molecule has 0 saturated carbocycles. The molecule has 1 aromatic heterocycles. The average molecular weight is 342 g/mol. The van der Waals surface area contributed by atoms with E-state index >= 15 is 0 Å². The Kier molecular flexibility index (Phi) is 3.96. The molecular weight excluding hydrogens is 328 g/mol. The number of nitrogens with zero attached hydrogens (tertiary/aromatic N) is 3. The van der Waals surface area contributed by atoms with Crippen LogP contribution in [0.15, 0.2) is 54.6 Å². The molecule has 0 atom stereocenters. The minimum Gasteiger partial charge on any atom is -0.454 e. The van der Waals surface area contributed by atoms with Crippen molar-refractivity contribution in [2.24, 2.45) is 0 Å². The zero-order chi connectivity index (χ0) is 17.9. The molecule has 3 aromatic rings. The monoisotopic (exact) mass is 342 g/mol. The molecule has 2 heterocycles. The van der Waals surface area contributed by atoms with Crippen molar-refractivity contribution in [1.29, 1.82) is 5.26 Å². The zero-order valence-corrected chi connectivity index (χ0v) is 13.7. The van der Waals surface area contributed by atoms with E-state index < -0.39 is 0 Å². The number of hydrogen-bond acceptors (Lipinski definition) is 6. The number of ether oxygens (including phenoxy) is 2. The predicted molar refractivity (Wildman–Crippen MR) is 99.1 cm³/mol. The van der Waals surface area contributed by atoms with Crippen LogP contribution in [-0.4, -0.2) is 16.8 Å². The first-order chi connectivity index (χ1) is 12.7. The molecular formula is C20H14N4O2. The number of para-hydroxylation sites is 1. The van der Waals surface area contributed by atoms with E-state index in [2.05, 4.69) is 16.0 Å². The van der Waals surface area contributed by atoms with Crippen molar-refractivity contribution in [1.82, 2.24) is 9.97 Å². The largest absolute Gasteiger partial charge is 0.454 e. The van der Waals surface area contributed by atoms with Crippen molar-refractivity contribution in [3.8, 4) is 17.6 Å². The highest BCUT2D eigenvalue weighted by Crippen LogP contribution is 2.32. The SMILES string of the molecule is N#C/C(=C/C=C/c1ccc2c(c1)OCO2)c1nc(N)c2ccccc2n1. The zero-order valence-electron chi connectivity index (χ0n) is 13.7. The first-order valence-corrected chi connectivity index (χ1v) is 7.95. The van der Waals surface area contributed by atoms with Crippen LogP contribution in [0.1, 0.15) is 11.4 Å². The lowest BCUT2D eigenvalue weighted by Gasteiger charge is -2.03. The molecule has 2 N–H and O–H groups in total. The number of fused-ring (bicyclic) bond motifs is 2. The fraction of sp³-hybridized carbons (Fsp3) is 0.0500. The normalized spacial score (nSPS) is 13.3. The molecule has 4 rings (SSSR count). The van der Waals surface area contributed by atoms with Crippen LogP contribution in [-0.2, 0) is 0 Å². The summed E-state index contributed by atoms with van der Waals surface area (Å²) in [6.45, 7) is 0.238. The second-order valence-electron chi connectivity index (χ2n) is 5.61. The Morgan fingerprint density at radius 3 is 2.85 bits per heavy atom. The number of allylic oxidation sites excluding steroid dienone is 3. The Balaban J connectivity index is 1.64. The number of hydrogen-bond donors (Lipinski definition) is 1. The lowest BCUT2D eigenvalue weighted by Crippen LogP contribution is -1.99. The van der Waals surface area contributed by atoms with Crippen molar-refractivity contribution < 1.29 is 9.47 Å². The van der Waals surface area contributed by atoms with Gasteiger partial charge in [0.1, 0.15) is 11.9 Å². The standard InChI is InChI=1S/C20H14N4O2/c21-11-14(20-23-16-7-2-1-6-15(16)19(22)24-20)5-3-4-13-8-9-17-18(10-13)26-12-25-17/h1-10H,12H2,(H2,22,23,24)/b4-3+,14-5-. The van der Waals surface area contributed by atoms with Crippen LogP contribution in [0.3, 0.4) is 0 Å². The van der Waals surface area contributed by atoms with E-state index in [0.29, 0.717) is 28.5 Å². The van der Waals surface area contributed by atoms with Gasteiger partial charge in [-0.2, -0.15) is 5.26 Å². The molecule has 0 saturated heterocycles. The molecule has 26 heavy (non-hydrogen) atoms. The number of aromatic nitrogens is 2. The number of anilines is 1. The van der Waals surface area contributed by atoms with Gasteiger partial charge in [-0.1, -0.05) is 30.4 Å². The Hall–Kier alpha value is -3.85. The predicted octanol–water partition coefficient (Wildman–Crippen LogP) is 3.56. The van der Waals surface area contributed by atoms with Crippen LogP contribution in [0.4, 0.5) is 5.82 Å². The van der Waals surface area contributed by atoms with Gasteiger partial charge >= 0.3 is 0 Å². The van der Waals surface area contributed by atoms with Gasteiger partial charge in [0.05, 0.1) is 11.1 Å². The van der Waals surface area contributed by atoms with Crippen molar-refractivity contribution in [2.75, 3.05) is 12.5 Å². The number of rotatable bonds is 3. The Morgan fingerprint density at radius 2 is 1.96 bits per heavy atom. The third-order valence-corrected chi connectivity index (χ3v) is 3.94. The highest BCUT2D eigenvalue weighted by molar-refractivity contribution is 5.90. The summed E-state index contributed by atoms with van der Waals surface area (Å²) in [5.41, 5.74) is 7.96. The molecule has 6 heteroatoms. The number of benzene rings is 2. The molecule has 1 aliphatic rings. The lowest BCUT2D eigenvalue weighted by atomic mass is 10.1. The van der Waals surface area contributed by atoms with E-state index in [-0.39, 0.29) is 6.79 Å². The Bertz CT molecular complexity index is 1100. The minimum atomic E-state index is 0.238. The van der Waals surface area contributed by atoms with Crippen molar-refractivity contribution in [3.63, 3.8) is 0 Å². The first-order valence-electron chi connectivity index (χ1n) is 7.95. The summed E-state index contributed by atoms with van der Waals surface area (Å²) >= 11 is 0. The average Bonchev–Trinajstić information content (AvgIpc) is 3.13. The molecule has 2 aromatic carbocycles. The Labute approximate surface area is 149 Å². The fourth-order valence-corrected chi connectivity index (χ4v) is 2.66. The maximum Gasteiger partial charge on any atom is 0.231 e. The number of nitrogens with two attached hydrogens (primary N) is 1. The molecule has 6 nitrogen and oxygen atoms in total. The number of nitriles is 1. The summed E-state index contributed by atoms with van der Waals surface area (Å²) in [6.07, 6.45) is 5.29. The molecule has 0 spiro atoms. The maximum absolute atomic E-state index is 9.46. The van der Waals surface area contributed by atoms with Crippen LogP contribution >= 0.6 is 0 Å². The van der Waals surface area contributed by atoms with Crippen LogP contribution in [0.5, 0.6) is 11.5 Å². The van der Waals surface area contributed by atoms with Gasteiger partial charge < -0.3 is 15.2 Å². The minimum absolute atomic E-state index is 0.238. The molecule has 0 aliphatic carbocycles. The van der Waals surface area contributed by atoms with E-state index in [1.165, 1.54) is 0 Å². The summed E-state index contributed by atoms with van der Waals surface area (Å²) in [7, 11) is 0. The van der Waals surface area contributed by atoms with E-state index in [1.54, 1.807) is 12.2 Å². The van der Waals surface area contributed by atoms with Crippen LogP contribution < -0.4 is 15.2 Å². The van der Waals surface area contributed by atoms with Gasteiger partial charge in [-0.3, -0.25) is 0 Å². The van der Waals surface area contributed by atoms with E-state index in [9.17, 15) is 5.26 Å². The Morgan fingerprint density at radius 1 is 1.12 bits per heavy atom. The van der Waals surface area contributed by atoms with Crippen molar-refractivity contribution >= 4 is 28.4 Å².